The van der Waals surface area contributed by atoms with E-state index in [0.29, 0.717) is 44.5 Å². The maximum absolute atomic E-state index is 13.2. The Morgan fingerprint density at radius 3 is 2.64 bits per heavy atom. The molecule has 1 amide bonds. The number of nitrogens with one attached hydrogen (secondary N) is 1. The van der Waals surface area contributed by atoms with Gasteiger partial charge in [-0.15, -0.1) is 0 Å². The van der Waals surface area contributed by atoms with Gasteiger partial charge in [-0.3, -0.25) is 19.0 Å². The lowest BCUT2D eigenvalue weighted by Crippen LogP contribution is -2.24. The Kier molecular flexibility index (Phi) is 6.96. The summed E-state index contributed by atoms with van der Waals surface area (Å²) < 4.78 is 6.90. The lowest BCUT2D eigenvalue weighted by atomic mass is 10.1. The normalized spacial score (nSPS) is 11.0. The molecule has 0 unspecified atom stereocenters. The lowest BCUT2D eigenvalue weighted by molar-refractivity contribution is -0.115. The van der Waals surface area contributed by atoms with Crippen LogP contribution in [0.15, 0.2) is 75.2 Å². The molecule has 0 spiro atoms. The second kappa shape index (κ2) is 10.1. The fourth-order valence-electron chi connectivity index (χ4n) is 3.18. The van der Waals surface area contributed by atoms with Crippen molar-refractivity contribution < 1.29 is 14.0 Å². The van der Waals surface area contributed by atoms with E-state index in [9.17, 15) is 14.4 Å². The Morgan fingerprint density at radius 1 is 1.15 bits per heavy atom. The third-order valence-corrected chi connectivity index (χ3v) is 6.13. The van der Waals surface area contributed by atoms with Crippen LogP contribution in [0.3, 0.4) is 0 Å². The highest BCUT2D eigenvalue weighted by molar-refractivity contribution is 7.99. The number of aromatic nitrogens is 2. The van der Waals surface area contributed by atoms with Crippen LogP contribution in [0.1, 0.15) is 29.5 Å². The highest BCUT2D eigenvalue weighted by Crippen LogP contribution is 2.23. The van der Waals surface area contributed by atoms with Crippen molar-refractivity contribution in [1.82, 2.24) is 9.55 Å². The first kappa shape index (κ1) is 22.8. The molecular formula is C24H20ClN3O4S. The summed E-state index contributed by atoms with van der Waals surface area (Å²) in [5.74, 6) is 0.460. The summed E-state index contributed by atoms with van der Waals surface area (Å²) in [6.45, 7) is 1.96. The summed E-state index contributed by atoms with van der Waals surface area (Å²) in [6.07, 6.45) is 1.92. The minimum atomic E-state index is -0.237. The molecular weight excluding hydrogens is 462 g/mol. The van der Waals surface area contributed by atoms with Crippen molar-refractivity contribution in [3.8, 4) is 0 Å². The smallest absolute Gasteiger partial charge is 0.262 e. The number of benzene rings is 2. The monoisotopic (exact) mass is 481 g/mol. The van der Waals surface area contributed by atoms with Gasteiger partial charge in [-0.2, -0.15) is 0 Å². The number of furan rings is 1. The van der Waals surface area contributed by atoms with Crippen LogP contribution in [0.2, 0.25) is 5.02 Å². The highest BCUT2D eigenvalue weighted by atomic mass is 35.5. The van der Waals surface area contributed by atoms with Crippen molar-refractivity contribution in [2.24, 2.45) is 0 Å². The molecule has 0 saturated carbocycles. The van der Waals surface area contributed by atoms with Gasteiger partial charge < -0.3 is 9.73 Å². The third kappa shape index (κ3) is 5.35. The largest absolute Gasteiger partial charge is 0.467 e. The van der Waals surface area contributed by atoms with Crippen LogP contribution in [0, 0.1) is 0 Å². The number of hydrogen-bond acceptors (Lipinski definition) is 6. The van der Waals surface area contributed by atoms with Crippen molar-refractivity contribution in [2.75, 3.05) is 11.1 Å². The van der Waals surface area contributed by atoms with Gasteiger partial charge in [0.15, 0.2) is 10.9 Å². The van der Waals surface area contributed by atoms with Crippen LogP contribution in [-0.2, 0) is 11.3 Å². The second-order valence-corrected chi connectivity index (χ2v) is 8.60. The molecule has 0 aliphatic rings. The summed E-state index contributed by atoms with van der Waals surface area (Å²) in [4.78, 5) is 42.0. The molecule has 2 aromatic carbocycles. The second-order valence-electron chi connectivity index (χ2n) is 7.22. The topological polar surface area (TPSA) is 94.2 Å². The molecule has 7 nitrogen and oxygen atoms in total. The molecule has 168 valence electrons. The Hall–Kier alpha value is -3.36. The van der Waals surface area contributed by atoms with Gasteiger partial charge in [0.1, 0.15) is 5.76 Å². The van der Waals surface area contributed by atoms with Crippen LogP contribution in [0.4, 0.5) is 5.69 Å². The average molecular weight is 482 g/mol. The molecule has 0 aliphatic carbocycles. The Bertz CT molecular complexity index is 1370. The molecule has 0 saturated heterocycles. The quantitative estimate of drug-likeness (QED) is 0.216. The SMILES string of the molecule is CCC(=O)Nc1ccc(C(=O)CSc2nc3cc(Cl)ccc3c(=O)n2Cc2ccco2)cc1. The maximum atomic E-state index is 13.2. The lowest BCUT2D eigenvalue weighted by Gasteiger charge is -2.12. The van der Waals surface area contributed by atoms with Crippen LogP contribution in [0.25, 0.3) is 10.9 Å². The number of ketones is 1. The summed E-state index contributed by atoms with van der Waals surface area (Å²) in [5.41, 5.74) is 1.36. The summed E-state index contributed by atoms with van der Waals surface area (Å²) in [7, 11) is 0. The van der Waals surface area contributed by atoms with Gasteiger partial charge in [-0.25, -0.2) is 4.98 Å². The Balaban J connectivity index is 1.58. The van der Waals surface area contributed by atoms with E-state index in [4.69, 9.17) is 16.0 Å². The Labute approximate surface area is 198 Å². The third-order valence-electron chi connectivity index (χ3n) is 4.92. The van der Waals surface area contributed by atoms with Crippen molar-refractivity contribution in [1.29, 1.82) is 0 Å². The van der Waals surface area contributed by atoms with Crippen molar-refractivity contribution in [2.45, 2.75) is 25.0 Å². The predicted octanol–water partition coefficient (Wildman–Crippen LogP) is 5.01. The fraction of sp³-hybridized carbons (Fsp3) is 0.167. The molecule has 0 fully saturated rings. The molecule has 4 rings (SSSR count). The number of Topliss-reactive ketones (excluding diaryl/α,β-unsaturated/α-hetero) is 1. The minimum Gasteiger partial charge on any atom is -0.467 e. The van der Waals surface area contributed by atoms with E-state index < -0.39 is 0 Å². The number of anilines is 1. The van der Waals surface area contributed by atoms with E-state index in [-0.39, 0.29) is 29.5 Å². The Morgan fingerprint density at radius 2 is 1.94 bits per heavy atom. The van der Waals surface area contributed by atoms with Gasteiger partial charge in [0.05, 0.1) is 29.5 Å². The van der Waals surface area contributed by atoms with Gasteiger partial charge in [-0.05, 0) is 54.6 Å². The first-order valence-corrected chi connectivity index (χ1v) is 11.6. The molecule has 9 heteroatoms. The zero-order valence-electron chi connectivity index (χ0n) is 17.7. The molecule has 0 atom stereocenters. The van der Waals surface area contributed by atoms with Crippen molar-refractivity contribution in [3.63, 3.8) is 0 Å². The summed E-state index contributed by atoms with van der Waals surface area (Å²) >= 11 is 7.26. The van der Waals surface area contributed by atoms with E-state index in [2.05, 4.69) is 10.3 Å². The number of amides is 1. The van der Waals surface area contributed by atoms with Crippen LogP contribution >= 0.6 is 23.4 Å². The first-order valence-electron chi connectivity index (χ1n) is 10.2. The highest BCUT2D eigenvalue weighted by Gasteiger charge is 2.16. The fourth-order valence-corrected chi connectivity index (χ4v) is 4.24. The minimum absolute atomic E-state index is 0.0807. The van der Waals surface area contributed by atoms with E-state index in [1.807, 2.05) is 0 Å². The molecule has 0 bridgehead atoms. The number of fused-ring (bicyclic) bond motifs is 1. The van der Waals surface area contributed by atoms with E-state index in [0.717, 1.165) is 0 Å². The molecule has 0 radical (unpaired) electrons. The van der Waals surface area contributed by atoms with Gasteiger partial charge in [-0.1, -0.05) is 30.3 Å². The number of carbonyl (C=O) groups excluding carboxylic acids is 2. The number of thioether (sulfide) groups is 1. The van der Waals surface area contributed by atoms with Gasteiger partial charge in [0.2, 0.25) is 5.91 Å². The molecule has 1 N–H and O–H groups in total. The average Bonchev–Trinajstić information content (AvgIpc) is 3.33. The molecule has 2 heterocycles. The standard InChI is InChI=1S/C24H20ClN3O4S/c1-2-22(30)26-17-8-5-15(6-9-17)21(29)14-33-24-27-20-12-16(25)7-10-19(20)23(31)28(24)13-18-4-3-11-32-18/h3-12H,2,13-14H2,1H3,(H,26,30). The molecule has 4 aromatic rings. The van der Waals surface area contributed by atoms with Crippen molar-refractivity contribution in [3.05, 3.63) is 87.6 Å². The van der Waals surface area contributed by atoms with Gasteiger partial charge in [0, 0.05) is 22.7 Å². The maximum Gasteiger partial charge on any atom is 0.262 e. The zero-order valence-corrected chi connectivity index (χ0v) is 19.3. The van der Waals surface area contributed by atoms with E-state index in [1.54, 1.807) is 61.5 Å². The van der Waals surface area contributed by atoms with Crippen LogP contribution in [-0.4, -0.2) is 27.0 Å². The molecule has 0 aliphatic heterocycles. The summed E-state index contributed by atoms with van der Waals surface area (Å²) in [5, 5.41) is 4.05. The van der Waals surface area contributed by atoms with Crippen LogP contribution in [0.5, 0.6) is 0 Å². The van der Waals surface area contributed by atoms with Crippen LogP contribution < -0.4 is 10.9 Å². The predicted molar refractivity (Wildman–Crippen MR) is 129 cm³/mol. The number of hydrogen-bond donors (Lipinski definition) is 1. The van der Waals surface area contributed by atoms with E-state index in [1.165, 1.54) is 22.6 Å². The number of halogens is 1. The molecule has 33 heavy (non-hydrogen) atoms. The van der Waals surface area contributed by atoms with Gasteiger partial charge >= 0.3 is 0 Å². The molecule has 2 aromatic heterocycles. The zero-order chi connectivity index (χ0) is 23.4. The number of carbonyl (C=O) groups is 2. The number of nitrogens with zero attached hydrogens (tertiary/aromatic N) is 2. The van der Waals surface area contributed by atoms with E-state index >= 15 is 0 Å². The first-order chi connectivity index (χ1) is 15.9. The van der Waals surface area contributed by atoms with Gasteiger partial charge in [0.25, 0.3) is 5.56 Å². The summed E-state index contributed by atoms with van der Waals surface area (Å²) in [6, 6.07) is 15.1. The number of rotatable bonds is 8. The van der Waals surface area contributed by atoms with Crippen molar-refractivity contribution >= 4 is 51.6 Å².